The largest absolute Gasteiger partial charge is 0.311 e. The molecule has 0 spiro atoms. The Labute approximate surface area is 91.8 Å². The quantitative estimate of drug-likeness (QED) is 0.703. The van der Waals surface area contributed by atoms with Crippen LogP contribution in [0, 0.1) is 11.8 Å². The van der Waals surface area contributed by atoms with E-state index in [0.29, 0.717) is 23.9 Å². The van der Waals surface area contributed by atoms with Gasteiger partial charge in [0.2, 0.25) is 0 Å². The third-order valence-electron chi connectivity index (χ3n) is 4.96. The SMILES string of the molecule is CC1(F)CC2CCC(N2)C1C1CCCC1. The van der Waals surface area contributed by atoms with Gasteiger partial charge >= 0.3 is 0 Å². The normalized spacial score (nSPS) is 51.2. The van der Waals surface area contributed by atoms with E-state index in [1.54, 1.807) is 0 Å². The molecule has 1 aliphatic carbocycles. The highest BCUT2D eigenvalue weighted by Crippen LogP contribution is 2.48. The molecule has 2 bridgehead atoms. The Balaban J connectivity index is 1.83. The minimum Gasteiger partial charge on any atom is -0.311 e. The predicted octanol–water partition coefficient (Wildman–Crippen LogP) is 3.05. The fourth-order valence-corrected chi connectivity index (χ4v) is 4.47. The Kier molecular flexibility index (Phi) is 2.31. The van der Waals surface area contributed by atoms with Gasteiger partial charge in [0.1, 0.15) is 5.67 Å². The molecule has 2 saturated heterocycles. The first-order valence-electron chi connectivity index (χ1n) is 6.62. The zero-order valence-corrected chi connectivity index (χ0v) is 9.64. The summed E-state index contributed by atoms with van der Waals surface area (Å²) in [5, 5.41) is 3.63. The molecule has 3 rings (SSSR count). The third kappa shape index (κ3) is 1.61. The first-order chi connectivity index (χ1) is 7.17. The van der Waals surface area contributed by atoms with Crippen LogP contribution in [0.5, 0.6) is 0 Å². The minimum absolute atomic E-state index is 0.304. The maximum atomic E-state index is 14.7. The molecule has 3 aliphatic rings. The molecule has 15 heavy (non-hydrogen) atoms. The summed E-state index contributed by atoms with van der Waals surface area (Å²) in [5.41, 5.74) is -0.897. The van der Waals surface area contributed by atoms with E-state index in [1.807, 2.05) is 6.92 Å². The Morgan fingerprint density at radius 2 is 1.87 bits per heavy atom. The summed E-state index contributed by atoms with van der Waals surface area (Å²) in [6.45, 7) is 1.86. The van der Waals surface area contributed by atoms with E-state index >= 15 is 0 Å². The number of nitrogens with one attached hydrogen (secondary N) is 1. The van der Waals surface area contributed by atoms with Crippen LogP contribution >= 0.6 is 0 Å². The lowest BCUT2D eigenvalue weighted by Gasteiger charge is -2.43. The van der Waals surface area contributed by atoms with Crippen LogP contribution in [0.15, 0.2) is 0 Å². The van der Waals surface area contributed by atoms with E-state index in [4.69, 9.17) is 0 Å². The molecule has 2 heteroatoms. The van der Waals surface area contributed by atoms with E-state index in [2.05, 4.69) is 5.32 Å². The van der Waals surface area contributed by atoms with Crippen molar-refractivity contribution in [2.24, 2.45) is 11.8 Å². The summed E-state index contributed by atoms with van der Waals surface area (Å²) >= 11 is 0. The molecule has 0 radical (unpaired) electrons. The van der Waals surface area contributed by atoms with Gasteiger partial charge in [0.05, 0.1) is 0 Å². The Hall–Kier alpha value is -0.110. The maximum Gasteiger partial charge on any atom is 0.114 e. The summed E-state index contributed by atoms with van der Waals surface area (Å²) < 4.78 is 14.7. The van der Waals surface area contributed by atoms with Crippen molar-refractivity contribution in [2.75, 3.05) is 0 Å². The number of hydrogen-bond donors (Lipinski definition) is 1. The minimum atomic E-state index is -0.897. The molecule has 4 unspecified atom stereocenters. The van der Waals surface area contributed by atoms with Crippen molar-refractivity contribution >= 4 is 0 Å². The second-order valence-electron chi connectivity index (χ2n) is 6.10. The lowest BCUT2D eigenvalue weighted by Crippen LogP contribution is -2.54. The number of piperidine rings is 1. The number of hydrogen-bond acceptors (Lipinski definition) is 1. The van der Waals surface area contributed by atoms with Crippen LogP contribution in [0.4, 0.5) is 4.39 Å². The summed E-state index contributed by atoms with van der Waals surface area (Å²) in [5.74, 6) is 0.968. The smallest absolute Gasteiger partial charge is 0.114 e. The maximum absolute atomic E-state index is 14.7. The van der Waals surface area contributed by atoms with Gasteiger partial charge in [-0.3, -0.25) is 0 Å². The molecule has 0 aromatic carbocycles. The molecular weight excluding hydrogens is 189 g/mol. The zero-order valence-electron chi connectivity index (χ0n) is 9.64. The van der Waals surface area contributed by atoms with Gasteiger partial charge in [-0.1, -0.05) is 25.7 Å². The van der Waals surface area contributed by atoms with Gasteiger partial charge in [-0.25, -0.2) is 4.39 Å². The standard InChI is InChI=1S/C13H22FN/c1-13(14)8-10-6-7-11(15-10)12(13)9-4-2-3-5-9/h9-12,15H,2-8H2,1H3. The van der Waals surface area contributed by atoms with Crippen molar-refractivity contribution in [3.05, 3.63) is 0 Å². The molecule has 4 atom stereocenters. The van der Waals surface area contributed by atoms with Crippen molar-refractivity contribution in [2.45, 2.75) is 69.6 Å². The molecule has 1 nitrogen and oxygen atoms in total. The molecule has 0 aromatic heterocycles. The first kappa shape index (κ1) is 10.1. The van der Waals surface area contributed by atoms with E-state index in [1.165, 1.54) is 38.5 Å². The molecule has 1 N–H and O–H groups in total. The fraction of sp³-hybridized carbons (Fsp3) is 1.00. The average molecular weight is 211 g/mol. The van der Waals surface area contributed by atoms with Crippen molar-refractivity contribution < 1.29 is 4.39 Å². The summed E-state index contributed by atoms with van der Waals surface area (Å²) in [6, 6.07) is 0.963. The summed E-state index contributed by atoms with van der Waals surface area (Å²) in [6.07, 6.45) is 8.37. The number of rotatable bonds is 1. The van der Waals surface area contributed by atoms with Gasteiger partial charge in [0.15, 0.2) is 0 Å². The molecular formula is C13H22FN. The zero-order chi connectivity index (χ0) is 10.5. The van der Waals surface area contributed by atoms with Gasteiger partial charge < -0.3 is 5.32 Å². The van der Waals surface area contributed by atoms with E-state index in [-0.39, 0.29) is 0 Å². The van der Waals surface area contributed by atoms with Crippen molar-refractivity contribution in [3.63, 3.8) is 0 Å². The average Bonchev–Trinajstić information content (AvgIpc) is 2.75. The second-order valence-corrected chi connectivity index (χ2v) is 6.10. The second kappa shape index (κ2) is 3.44. The van der Waals surface area contributed by atoms with Gasteiger partial charge in [-0.15, -0.1) is 0 Å². The van der Waals surface area contributed by atoms with E-state index in [0.717, 1.165) is 6.42 Å². The summed E-state index contributed by atoms with van der Waals surface area (Å²) in [4.78, 5) is 0. The van der Waals surface area contributed by atoms with Crippen LogP contribution < -0.4 is 5.32 Å². The Morgan fingerprint density at radius 3 is 2.60 bits per heavy atom. The molecule has 86 valence electrons. The van der Waals surface area contributed by atoms with Crippen LogP contribution in [0.1, 0.15) is 51.9 Å². The fourth-order valence-electron chi connectivity index (χ4n) is 4.47. The van der Waals surface area contributed by atoms with Crippen LogP contribution in [-0.4, -0.2) is 17.8 Å². The molecule has 0 aromatic rings. The Bertz CT molecular complexity index is 243. The van der Waals surface area contributed by atoms with Crippen LogP contribution in [0.3, 0.4) is 0 Å². The van der Waals surface area contributed by atoms with Crippen molar-refractivity contribution in [1.29, 1.82) is 0 Å². The van der Waals surface area contributed by atoms with Gasteiger partial charge in [-0.05, 0) is 32.1 Å². The van der Waals surface area contributed by atoms with Crippen molar-refractivity contribution in [1.82, 2.24) is 5.32 Å². The van der Waals surface area contributed by atoms with Gasteiger partial charge in [0, 0.05) is 18.0 Å². The van der Waals surface area contributed by atoms with E-state index in [9.17, 15) is 4.39 Å². The van der Waals surface area contributed by atoms with E-state index < -0.39 is 5.67 Å². The lowest BCUT2D eigenvalue weighted by molar-refractivity contribution is 0.00344. The highest BCUT2D eigenvalue weighted by atomic mass is 19.1. The third-order valence-corrected chi connectivity index (χ3v) is 4.96. The highest BCUT2D eigenvalue weighted by molar-refractivity contribution is 5.06. The topological polar surface area (TPSA) is 12.0 Å². The first-order valence-corrected chi connectivity index (χ1v) is 6.62. The lowest BCUT2D eigenvalue weighted by atomic mass is 9.71. The number of alkyl halides is 1. The Morgan fingerprint density at radius 1 is 1.13 bits per heavy atom. The molecule has 0 amide bonds. The van der Waals surface area contributed by atoms with Crippen molar-refractivity contribution in [3.8, 4) is 0 Å². The summed E-state index contributed by atoms with van der Waals surface area (Å²) in [7, 11) is 0. The molecule has 2 aliphatic heterocycles. The molecule has 2 heterocycles. The predicted molar refractivity (Wildman–Crippen MR) is 59.5 cm³/mol. The highest BCUT2D eigenvalue weighted by Gasteiger charge is 2.52. The number of fused-ring (bicyclic) bond motifs is 2. The van der Waals surface area contributed by atoms with Crippen LogP contribution in [0.25, 0.3) is 0 Å². The molecule has 1 saturated carbocycles. The van der Waals surface area contributed by atoms with Gasteiger partial charge in [-0.2, -0.15) is 0 Å². The van der Waals surface area contributed by atoms with Crippen LogP contribution in [0.2, 0.25) is 0 Å². The van der Waals surface area contributed by atoms with Gasteiger partial charge in [0.25, 0.3) is 0 Å². The van der Waals surface area contributed by atoms with Crippen LogP contribution in [-0.2, 0) is 0 Å². The number of halogens is 1. The monoisotopic (exact) mass is 211 g/mol. The molecule has 3 fully saturated rings.